The molecule has 86 valence electrons. The lowest BCUT2D eigenvalue weighted by Gasteiger charge is -2.05. The summed E-state index contributed by atoms with van der Waals surface area (Å²) in [6, 6.07) is 3.80. The van der Waals surface area contributed by atoms with Crippen LogP contribution in [0.3, 0.4) is 0 Å². The van der Waals surface area contributed by atoms with Crippen molar-refractivity contribution in [3.63, 3.8) is 0 Å². The summed E-state index contributed by atoms with van der Waals surface area (Å²) in [6.45, 7) is 0. The van der Waals surface area contributed by atoms with Crippen LogP contribution in [0.4, 0.5) is 10.5 Å². The number of hydrogen-bond donors (Lipinski definition) is 0. The first-order valence-corrected chi connectivity index (χ1v) is 4.16. The quantitative estimate of drug-likeness (QED) is 0.338. The summed E-state index contributed by atoms with van der Waals surface area (Å²) in [7, 11) is 2.50. The molecule has 0 atom stereocenters. The van der Waals surface area contributed by atoms with Crippen LogP contribution in [-0.4, -0.2) is 25.3 Å². The molecular formula is C9H9NO6. The fraction of sp³-hybridized carbons (Fsp3) is 0.222. The molecule has 0 aliphatic carbocycles. The minimum absolute atomic E-state index is 0.226. The van der Waals surface area contributed by atoms with Gasteiger partial charge in [-0.2, -0.15) is 0 Å². The van der Waals surface area contributed by atoms with Crippen LogP contribution in [0.5, 0.6) is 11.5 Å². The first-order chi connectivity index (χ1) is 7.58. The van der Waals surface area contributed by atoms with Gasteiger partial charge in [0.2, 0.25) is 5.75 Å². The molecule has 0 aliphatic heterocycles. The minimum atomic E-state index is -1.03. The summed E-state index contributed by atoms with van der Waals surface area (Å²) in [4.78, 5) is 20.8. The molecule has 0 radical (unpaired) electrons. The van der Waals surface area contributed by atoms with Gasteiger partial charge in [-0.3, -0.25) is 10.1 Å². The molecule has 0 fully saturated rings. The molecule has 1 aromatic carbocycles. The summed E-state index contributed by atoms with van der Waals surface area (Å²) >= 11 is 0. The monoisotopic (exact) mass is 227 g/mol. The van der Waals surface area contributed by atoms with E-state index in [1.54, 1.807) is 0 Å². The third kappa shape index (κ3) is 2.59. The predicted molar refractivity (Wildman–Crippen MR) is 52.7 cm³/mol. The summed E-state index contributed by atoms with van der Waals surface area (Å²) in [5.74, 6) is 0.112. The Morgan fingerprint density at radius 3 is 2.56 bits per heavy atom. The van der Waals surface area contributed by atoms with Crippen molar-refractivity contribution in [1.29, 1.82) is 0 Å². The van der Waals surface area contributed by atoms with Crippen molar-refractivity contribution in [2.75, 3.05) is 14.2 Å². The number of carbonyl (C=O) groups excluding carboxylic acids is 1. The highest BCUT2D eigenvalue weighted by molar-refractivity contribution is 5.66. The topological polar surface area (TPSA) is 87.9 Å². The van der Waals surface area contributed by atoms with Crippen LogP contribution in [-0.2, 0) is 4.74 Å². The average molecular weight is 227 g/mol. The van der Waals surface area contributed by atoms with Crippen molar-refractivity contribution < 1.29 is 23.9 Å². The molecule has 0 spiro atoms. The van der Waals surface area contributed by atoms with Gasteiger partial charge >= 0.3 is 11.8 Å². The molecule has 1 rings (SSSR count). The molecule has 7 nitrogen and oxygen atoms in total. The summed E-state index contributed by atoms with van der Waals surface area (Å²) in [5.41, 5.74) is -0.341. The zero-order valence-electron chi connectivity index (χ0n) is 8.63. The van der Waals surface area contributed by atoms with E-state index in [0.717, 1.165) is 7.11 Å². The number of benzene rings is 1. The molecule has 16 heavy (non-hydrogen) atoms. The van der Waals surface area contributed by atoms with Crippen LogP contribution < -0.4 is 9.47 Å². The number of ether oxygens (including phenoxy) is 3. The van der Waals surface area contributed by atoms with Gasteiger partial charge in [-0.15, -0.1) is 0 Å². The van der Waals surface area contributed by atoms with E-state index in [-0.39, 0.29) is 11.4 Å². The lowest BCUT2D eigenvalue weighted by Crippen LogP contribution is -2.08. The van der Waals surface area contributed by atoms with Gasteiger partial charge in [-0.25, -0.2) is 4.79 Å². The zero-order chi connectivity index (χ0) is 12.1. The Morgan fingerprint density at radius 1 is 1.38 bits per heavy atom. The molecule has 0 amide bonds. The molecule has 0 heterocycles. The highest BCUT2D eigenvalue weighted by Crippen LogP contribution is 2.31. The van der Waals surface area contributed by atoms with Crippen LogP contribution >= 0.6 is 0 Å². The van der Waals surface area contributed by atoms with Gasteiger partial charge in [0.05, 0.1) is 19.1 Å². The van der Waals surface area contributed by atoms with Crippen molar-refractivity contribution >= 4 is 11.8 Å². The Kier molecular flexibility index (Phi) is 3.65. The highest BCUT2D eigenvalue weighted by atomic mass is 16.7. The first kappa shape index (κ1) is 11.8. The number of methoxy groups -OCH3 is 2. The molecular weight excluding hydrogens is 218 g/mol. The lowest BCUT2D eigenvalue weighted by atomic mass is 10.3. The maximum atomic E-state index is 10.8. The second kappa shape index (κ2) is 4.96. The van der Waals surface area contributed by atoms with E-state index in [1.165, 1.54) is 25.3 Å². The van der Waals surface area contributed by atoms with Gasteiger partial charge in [-0.1, -0.05) is 0 Å². The van der Waals surface area contributed by atoms with Gasteiger partial charge in [0.15, 0.2) is 0 Å². The van der Waals surface area contributed by atoms with E-state index >= 15 is 0 Å². The molecule has 1 aromatic rings. The smallest absolute Gasteiger partial charge is 0.497 e. The first-order valence-electron chi connectivity index (χ1n) is 4.16. The van der Waals surface area contributed by atoms with E-state index in [0.29, 0.717) is 5.75 Å². The maximum Gasteiger partial charge on any atom is 0.513 e. The Balaban J connectivity index is 3.10. The number of hydrogen-bond acceptors (Lipinski definition) is 6. The van der Waals surface area contributed by atoms with E-state index in [4.69, 9.17) is 4.74 Å². The second-order valence-electron chi connectivity index (χ2n) is 2.65. The van der Waals surface area contributed by atoms with Gasteiger partial charge in [0.25, 0.3) is 0 Å². The van der Waals surface area contributed by atoms with E-state index in [2.05, 4.69) is 9.47 Å². The SMILES string of the molecule is COC(=O)Oc1cc(OC)ccc1[N+](=O)[O-]. The highest BCUT2D eigenvalue weighted by Gasteiger charge is 2.19. The third-order valence-corrected chi connectivity index (χ3v) is 1.72. The fourth-order valence-corrected chi connectivity index (χ4v) is 0.985. The number of rotatable bonds is 3. The molecule has 0 bridgehead atoms. The molecule has 0 saturated heterocycles. The number of nitro benzene ring substituents is 1. The van der Waals surface area contributed by atoms with Gasteiger partial charge in [0, 0.05) is 12.1 Å². The number of nitrogens with zero attached hydrogens (tertiary/aromatic N) is 1. The van der Waals surface area contributed by atoms with Crippen LogP contribution in [0, 0.1) is 10.1 Å². The Labute approximate surface area is 90.7 Å². The molecule has 0 saturated carbocycles. The molecule has 0 aliphatic rings. The van der Waals surface area contributed by atoms with Crippen LogP contribution in [0.25, 0.3) is 0 Å². The van der Waals surface area contributed by atoms with Crippen LogP contribution in [0.1, 0.15) is 0 Å². The summed E-state index contributed by atoms with van der Waals surface area (Å²) in [5, 5.41) is 10.6. The predicted octanol–water partition coefficient (Wildman–Crippen LogP) is 1.75. The second-order valence-corrected chi connectivity index (χ2v) is 2.65. The van der Waals surface area contributed by atoms with Gasteiger partial charge < -0.3 is 14.2 Å². The molecule has 0 aromatic heterocycles. The van der Waals surface area contributed by atoms with E-state index in [9.17, 15) is 14.9 Å². The zero-order valence-corrected chi connectivity index (χ0v) is 8.63. The van der Waals surface area contributed by atoms with Crippen molar-refractivity contribution in [3.8, 4) is 11.5 Å². The molecule has 7 heteroatoms. The number of nitro groups is 1. The fourth-order valence-electron chi connectivity index (χ4n) is 0.985. The standard InChI is InChI=1S/C9H9NO6/c1-14-6-3-4-7(10(12)13)8(5-6)16-9(11)15-2/h3-5H,1-2H3. The van der Waals surface area contributed by atoms with Crippen molar-refractivity contribution in [2.45, 2.75) is 0 Å². The van der Waals surface area contributed by atoms with Crippen LogP contribution in [0.15, 0.2) is 18.2 Å². The summed E-state index contributed by atoms with van der Waals surface area (Å²) in [6.07, 6.45) is -1.03. The molecule has 0 N–H and O–H groups in total. The average Bonchev–Trinajstić information content (AvgIpc) is 2.28. The van der Waals surface area contributed by atoms with Crippen molar-refractivity contribution in [3.05, 3.63) is 28.3 Å². The minimum Gasteiger partial charge on any atom is -0.497 e. The normalized spacial score (nSPS) is 9.38. The Hall–Kier alpha value is -2.31. The Bertz CT molecular complexity index is 416. The Morgan fingerprint density at radius 2 is 2.06 bits per heavy atom. The third-order valence-electron chi connectivity index (χ3n) is 1.72. The van der Waals surface area contributed by atoms with E-state index < -0.39 is 11.1 Å². The molecule has 0 unspecified atom stereocenters. The van der Waals surface area contributed by atoms with Crippen molar-refractivity contribution in [2.24, 2.45) is 0 Å². The summed E-state index contributed by atoms with van der Waals surface area (Å²) < 4.78 is 13.7. The van der Waals surface area contributed by atoms with Gasteiger partial charge in [-0.05, 0) is 6.07 Å². The largest absolute Gasteiger partial charge is 0.513 e. The van der Waals surface area contributed by atoms with Crippen molar-refractivity contribution in [1.82, 2.24) is 0 Å². The van der Waals surface area contributed by atoms with Crippen LogP contribution in [0.2, 0.25) is 0 Å². The number of carbonyl (C=O) groups is 1. The van der Waals surface area contributed by atoms with Gasteiger partial charge in [0.1, 0.15) is 5.75 Å². The maximum absolute atomic E-state index is 10.8. The lowest BCUT2D eigenvalue weighted by molar-refractivity contribution is -0.385. The van der Waals surface area contributed by atoms with E-state index in [1.807, 2.05) is 0 Å².